The van der Waals surface area contributed by atoms with Crippen LogP contribution in [0.2, 0.25) is 0 Å². The van der Waals surface area contributed by atoms with Crippen molar-refractivity contribution in [3.05, 3.63) is 28.8 Å². The summed E-state index contributed by atoms with van der Waals surface area (Å²) in [5, 5.41) is 11.4. The van der Waals surface area contributed by atoms with E-state index >= 15 is 0 Å². The van der Waals surface area contributed by atoms with Gasteiger partial charge in [0, 0.05) is 11.1 Å². The molecule has 0 aliphatic carbocycles. The van der Waals surface area contributed by atoms with Crippen molar-refractivity contribution in [1.29, 1.82) is 0 Å². The van der Waals surface area contributed by atoms with Crippen molar-refractivity contribution in [3.8, 4) is 5.75 Å². The molecule has 27 heavy (non-hydrogen) atoms. The lowest BCUT2D eigenvalue weighted by atomic mass is 9.72. The van der Waals surface area contributed by atoms with Crippen molar-refractivity contribution in [3.63, 3.8) is 0 Å². The highest BCUT2D eigenvalue weighted by atomic mass is 16.3. The molecule has 1 aromatic rings. The van der Waals surface area contributed by atoms with Crippen LogP contribution in [-0.2, 0) is 10.8 Å². The molecular weight excluding hydrogens is 328 g/mol. The lowest BCUT2D eigenvalue weighted by Crippen LogP contribution is -2.23. The van der Waals surface area contributed by atoms with Gasteiger partial charge in [-0.05, 0) is 41.6 Å². The van der Waals surface area contributed by atoms with Gasteiger partial charge < -0.3 is 5.11 Å². The number of aromatic hydroxyl groups is 1. The summed E-state index contributed by atoms with van der Waals surface area (Å²) in [6.07, 6.45) is 10.9. The second-order valence-electron chi connectivity index (χ2n) is 9.96. The Morgan fingerprint density at radius 3 is 1.52 bits per heavy atom. The third-order valence-corrected chi connectivity index (χ3v) is 6.58. The Kier molecular flexibility index (Phi) is 9.39. The van der Waals surface area contributed by atoms with Crippen LogP contribution in [0.4, 0.5) is 0 Å². The van der Waals surface area contributed by atoms with Crippen LogP contribution in [0.1, 0.15) is 136 Å². The molecule has 0 bridgehead atoms. The van der Waals surface area contributed by atoms with E-state index in [0.717, 1.165) is 30.4 Å². The molecule has 0 radical (unpaired) electrons. The number of phenolic OH excluding ortho intramolecular Hbond substituents is 1. The Morgan fingerprint density at radius 1 is 0.778 bits per heavy atom. The van der Waals surface area contributed by atoms with Crippen LogP contribution >= 0.6 is 0 Å². The highest BCUT2D eigenvalue weighted by Crippen LogP contribution is 2.44. The van der Waals surface area contributed by atoms with E-state index in [-0.39, 0.29) is 10.8 Å². The minimum atomic E-state index is 0.0109. The highest BCUT2D eigenvalue weighted by Gasteiger charge is 2.31. The van der Waals surface area contributed by atoms with Crippen molar-refractivity contribution < 1.29 is 5.11 Å². The van der Waals surface area contributed by atoms with E-state index in [2.05, 4.69) is 67.5 Å². The minimum absolute atomic E-state index is 0.0109. The van der Waals surface area contributed by atoms with Crippen LogP contribution in [0.5, 0.6) is 5.75 Å². The van der Waals surface area contributed by atoms with E-state index in [1.807, 2.05) is 0 Å². The van der Waals surface area contributed by atoms with E-state index in [1.54, 1.807) is 0 Å². The van der Waals surface area contributed by atoms with Gasteiger partial charge in [0.15, 0.2) is 0 Å². The van der Waals surface area contributed by atoms with Gasteiger partial charge in [-0.3, -0.25) is 0 Å². The van der Waals surface area contributed by atoms with Gasteiger partial charge in [-0.1, -0.05) is 106 Å². The largest absolute Gasteiger partial charge is 0.507 e. The second-order valence-corrected chi connectivity index (χ2v) is 9.96. The maximum Gasteiger partial charge on any atom is 0.123 e. The van der Waals surface area contributed by atoms with Crippen LogP contribution in [-0.4, -0.2) is 5.11 Å². The summed E-state index contributed by atoms with van der Waals surface area (Å²) in [5.74, 6) is 1.09. The molecule has 1 rings (SSSR count). The van der Waals surface area contributed by atoms with Gasteiger partial charge in [0.05, 0.1) is 0 Å². The summed E-state index contributed by atoms with van der Waals surface area (Å²) in [7, 11) is 0. The molecule has 1 unspecified atom stereocenters. The molecule has 1 nitrogen and oxygen atoms in total. The predicted molar refractivity (Wildman–Crippen MR) is 121 cm³/mol. The SMILES string of the molecule is CCCCCC(C)(C)c1cc(C(C)CC)cc(C(C)(C)CCCCC)c1O. The van der Waals surface area contributed by atoms with Gasteiger partial charge in [0.25, 0.3) is 0 Å². The molecule has 0 spiro atoms. The first kappa shape index (κ1) is 24.1. The fraction of sp³-hybridized carbons (Fsp3) is 0.769. The Balaban J connectivity index is 3.38. The summed E-state index contributed by atoms with van der Waals surface area (Å²) in [6.45, 7) is 18.3. The van der Waals surface area contributed by atoms with E-state index in [9.17, 15) is 5.11 Å². The fourth-order valence-electron chi connectivity index (χ4n) is 4.11. The Morgan fingerprint density at radius 2 is 1.19 bits per heavy atom. The molecule has 0 aliphatic rings. The summed E-state index contributed by atoms with van der Waals surface area (Å²) >= 11 is 0. The van der Waals surface area contributed by atoms with E-state index in [1.165, 1.54) is 44.1 Å². The molecule has 0 saturated carbocycles. The number of rotatable bonds is 12. The molecule has 1 N–H and O–H groups in total. The normalized spacial score (nSPS) is 13.8. The summed E-state index contributed by atoms with van der Waals surface area (Å²) < 4.78 is 0. The highest BCUT2D eigenvalue weighted by molar-refractivity contribution is 5.51. The zero-order chi connectivity index (χ0) is 20.7. The molecule has 0 amide bonds. The number of benzene rings is 1. The van der Waals surface area contributed by atoms with Crippen molar-refractivity contribution in [2.24, 2.45) is 0 Å². The molecule has 1 heteroatoms. The molecule has 0 heterocycles. The molecule has 0 aromatic heterocycles. The number of hydrogen-bond acceptors (Lipinski definition) is 1. The first-order chi connectivity index (χ1) is 12.6. The third-order valence-electron chi connectivity index (χ3n) is 6.58. The predicted octanol–water partition coefficient (Wildman–Crippen LogP) is 8.62. The number of unbranched alkanes of at least 4 members (excludes halogenated alkanes) is 4. The van der Waals surface area contributed by atoms with Crippen LogP contribution in [0.15, 0.2) is 12.1 Å². The lowest BCUT2D eigenvalue weighted by molar-refractivity contribution is 0.379. The monoisotopic (exact) mass is 374 g/mol. The summed E-state index contributed by atoms with van der Waals surface area (Å²) in [5.41, 5.74) is 3.74. The van der Waals surface area contributed by atoms with Gasteiger partial charge in [-0.15, -0.1) is 0 Å². The maximum absolute atomic E-state index is 11.4. The fourth-order valence-corrected chi connectivity index (χ4v) is 4.11. The first-order valence-electron chi connectivity index (χ1n) is 11.5. The third kappa shape index (κ3) is 6.54. The van der Waals surface area contributed by atoms with Gasteiger partial charge in [-0.25, -0.2) is 0 Å². The summed E-state index contributed by atoms with van der Waals surface area (Å²) in [4.78, 5) is 0. The number of hydrogen-bond donors (Lipinski definition) is 1. The smallest absolute Gasteiger partial charge is 0.123 e. The average Bonchev–Trinajstić information content (AvgIpc) is 2.61. The Hall–Kier alpha value is -0.980. The van der Waals surface area contributed by atoms with Crippen molar-refractivity contribution >= 4 is 0 Å². The topological polar surface area (TPSA) is 20.2 Å². The van der Waals surface area contributed by atoms with E-state index in [0.29, 0.717) is 11.7 Å². The van der Waals surface area contributed by atoms with Crippen LogP contribution in [0.3, 0.4) is 0 Å². The zero-order valence-electron chi connectivity index (χ0n) is 19.5. The molecule has 1 aromatic carbocycles. The van der Waals surface area contributed by atoms with Gasteiger partial charge >= 0.3 is 0 Å². The molecular formula is C26H46O. The van der Waals surface area contributed by atoms with Gasteiger partial charge in [0.1, 0.15) is 5.75 Å². The number of phenols is 1. The van der Waals surface area contributed by atoms with E-state index in [4.69, 9.17) is 0 Å². The molecule has 1 atom stereocenters. The van der Waals surface area contributed by atoms with Crippen molar-refractivity contribution in [1.82, 2.24) is 0 Å². The quantitative estimate of drug-likeness (QED) is 0.363. The second kappa shape index (κ2) is 10.5. The van der Waals surface area contributed by atoms with Gasteiger partial charge in [0.2, 0.25) is 0 Å². The Bertz CT molecular complexity index is 525. The van der Waals surface area contributed by atoms with E-state index < -0.39 is 0 Å². The lowest BCUT2D eigenvalue weighted by Gasteiger charge is -2.33. The molecule has 0 saturated heterocycles. The zero-order valence-corrected chi connectivity index (χ0v) is 19.5. The maximum atomic E-state index is 11.4. The average molecular weight is 375 g/mol. The Labute approximate surface area is 170 Å². The molecule has 0 fully saturated rings. The minimum Gasteiger partial charge on any atom is -0.507 e. The van der Waals surface area contributed by atoms with Gasteiger partial charge in [-0.2, -0.15) is 0 Å². The molecule has 0 aliphatic heterocycles. The standard InChI is InChI=1S/C26H46O/c1-9-12-14-16-25(5,6)22-18-21(20(4)11-3)19-23(24(22)27)26(7,8)17-15-13-10-2/h18-20,27H,9-17H2,1-8H3. The van der Waals surface area contributed by atoms with Crippen LogP contribution < -0.4 is 0 Å². The summed E-state index contributed by atoms with van der Waals surface area (Å²) in [6, 6.07) is 4.61. The first-order valence-corrected chi connectivity index (χ1v) is 11.5. The van der Waals surface area contributed by atoms with Crippen LogP contribution in [0.25, 0.3) is 0 Å². The molecule has 156 valence electrons. The van der Waals surface area contributed by atoms with Crippen molar-refractivity contribution in [2.75, 3.05) is 0 Å². The van der Waals surface area contributed by atoms with Crippen LogP contribution in [0, 0.1) is 0 Å². The van der Waals surface area contributed by atoms with Crippen molar-refractivity contribution in [2.45, 2.75) is 130 Å².